The Morgan fingerprint density at radius 3 is 2.55 bits per heavy atom. The van der Waals surface area contributed by atoms with Crippen LogP contribution in [0.2, 0.25) is 5.02 Å². The van der Waals surface area contributed by atoms with E-state index in [9.17, 15) is 19.7 Å². The lowest BCUT2D eigenvalue weighted by Crippen LogP contribution is -2.31. The number of esters is 1. The summed E-state index contributed by atoms with van der Waals surface area (Å²) in [6.07, 6.45) is 16.8. The highest BCUT2D eigenvalue weighted by Gasteiger charge is 2.10. The Labute approximate surface area is 230 Å². The minimum Gasteiger partial charge on any atom is -0.493 e. The fourth-order valence-corrected chi connectivity index (χ4v) is 3.55. The average molecular weight is 557 g/mol. The molecular formula is C27H41ClN2O8. The molecule has 11 heteroatoms. The van der Waals surface area contributed by atoms with Crippen molar-refractivity contribution in [3.05, 3.63) is 63.7 Å². The third-order valence-electron chi connectivity index (χ3n) is 5.14. The zero-order valence-electron chi connectivity index (χ0n) is 22.3. The molecule has 38 heavy (non-hydrogen) atoms. The fourth-order valence-electron chi connectivity index (χ4n) is 3.36. The number of hydrogen-bond acceptors (Lipinski definition) is 8. The molecule has 0 atom stereocenters. The molecule has 0 bridgehead atoms. The summed E-state index contributed by atoms with van der Waals surface area (Å²) in [4.78, 5) is 36.1. The summed E-state index contributed by atoms with van der Waals surface area (Å²) in [5, 5.41) is 18.9. The van der Waals surface area contributed by atoms with Gasteiger partial charge in [0.15, 0.2) is 0 Å². The van der Waals surface area contributed by atoms with Crippen LogP contribution in [0.25, 0.3) is 0 Å². The molecule has 0 spiro atoms. The van der Waals surface area contributed by atoms with E-state index in [1.807, 2.05) is 43.3 Å². The molecule has 1 aromatic carbocycles. The van der Waals surface area contributed by atoms with Gasteiger partial charge < -0.3 is 24.7 Å². The minimum atomic E-state index is -0.972. The monoisotopic (exact) mass is 556 g/mol. The Hall–Kier alpha value is -3.11. The van der Waals surface area contributed by atoms with Crippen LogP contribution in [0.15, 0.2) is 48.6 Å². The van der Waals surface area contributed by atoms with E-state index in [-0.39, 0.29) is 25.7 Å². The number of benzene rings is 1. The summed E-state index contributed by atoms with van der Waals surface area (Å²) < 4.78 is 10.2. The SMILES string of the molecule is C/C=C\CCCC(=O)NCC(=O)OCCO[N+](=O)[O-].CO.Clc1cccc(OCC/C=C/C2CCCC2)c1. The third kappa shape index (κ3) is 21.0. The number of rotatable bonds is 15. The summed E-state index contributed by atoms with van der Waals surface area (Å²) in [6.45, 7) is 1.83. The van der Waals surface area contributed by atoms with Gasteiger partial charge in [0.1, 0.15) is 25.5 Å². The van der Waals surface area contributed by atoms with Crippen LogP contribution in [0.3, 0.4) is 0 Å². The van der Waals surface area contributed by atoms with Gasteiger partial charge in [0, 0.05) is 18.6 Å². The van der Waals surface area contributed by atoms with Crippen molar-refractivity contribution in [3.8, 4) is 5.75 Å². The third-order valence-corrected chi connectivity index (χ3v) is 5.38. The van der Waals surface area contributed by atoms with Gasteiger partial charge in [-0.05, 0) is 63.1 Å². The maximum Gasteiger partial charge on any atom is 0.325 e. The number of allylic oxidation sites excluding steroid dienone is 3. The van der Waals surface area contributed by atoms with Crippen molar-refractivity contribution in [1.82, 2.24) is 5.32 Å². The van der Waals surface area contributed by atoms with Crippen molar-refractivity contribution in [2.24, 2.45) is 5.92 Å². The number of nitrogens with zero attached hydrogens (tertiary/aromatic N) is 1. The van der Waals surface area contributed by atoms with Crippen molar-refractivity contribution < 1.29 is 34.1 Å². The van der Waals surface area contributed by atoms with E-state index < -0.39 is 11.1 Å². The Kier molecular flexibility index (Phi) is 22.3. The van der Waals surface area contributed by atoms with Gasteiger partial charge in [-0.1, -0.05) is 54.8 Å². The lowest BCUT2D eigenvalue weighted by atomic mass is 10.1. The molecule has 1 saturated carbocycles. The highest BCUT2D eigenvalue weighted by molar-refractivity contribution is 6.30. The van der Waals surface area contributed by atoms with E-state index >= 15 is 0 Å². The Balaban J connectivity index is 0.000000678. The number of halogens is 1. The highest BCUT2D eigenvalue weighted by atomic mass is 35.5. The minimum absolute atomic E-state index is 0.225. The van der Waals surface area contributed by atoms with Crippen molar-refractivity contribution in [2.45, 2.75) is 58.3 Å². The van der Waals surface area contributed by atoms with E-state index in [1.165, 1.54) is 25.7 Å². The second-order valence-electron chi connectivity index (χ2n) is 8.08. The van der Waals surface area contributed by atoms with Crippen LogP contribution in [0.4, 0.5) is 0 Å². The first kappa shape index (κ1) is 34.9. The van der Waals surface area contributed by atoms with E-state index in [4.69, 9.17) is 21.4 Å². The molecule has 2 rings (SSSR count). The van der Waals surface area contributed by atoms with Crippen molar-refractivity contribution in [2.75, 3.05) is 33.5 Å². The number of hydrogen-bond donors (Lipinski definition) is 2. The van der Waals surface area contributed by atoms with E-state index in [1.54, 1.807) is 0 Å². The number of ether oxygens (including phenoxy) is 2. The standard InChI is InChI=1S/C15H19ClO.C11H18N2O6.CH4O/c16-14-9-5-10-15(12-14)17-11-4-3-8-13-6-1-2-7-13;1-2-3-4-5-6-10(14)12-9-11(15)18-7-8-19-13(16)17;1-2/h3,5,8-10,12-13H,1-2,4,6-7,11H2;2-3H,4-9H2,1H3,(H,12,14);2H,1H3/b8-3+;3-2-;. The molecule has 10 nitrogen and oxygen atoms in total. The molecule has 214 valence electrons. The number of nitrogens with one attached hydrogen (secondary N) is 1. The molecule has 1 fully saturated rings. The van der Waals surface area contributed by atoms with Crippen LogP contribution >= 0.6 is 11.6 Å². The molecule has 1 aliphatic carbocycles. The predicted molar refractivity (Wildman–Crippen MR) is 146 cm³/mol. The van der Waals surface area contributed by atoms with Crippen LogP contribution in [0.5, 0.6) is 5.75 Å². The normalized spacial score (nSPS) is 12.7. The van der Waals surface area contributed by atoms with Gasteiger partial charge in [0.25, 0.3) is 5.09 Å². The molecule has 0 aromatic heterocycles. The van der Waals surface area contributed by atoms with Crippen LogP contribution in [0, 0.1) is 16.0 Å². The smallest absolute Gasteiger partial charge is 0.325 e. The Morgan fingerprint density at radius 2 is 1.89 bits per heavy atom. The molecule has 0 saturated heterocycles. The van der Waals surface area contributed by atoms with Gasteiger partial charge in [0.05, 0.1) is 6.61 Å². The van der Waals surface area contributed by atoms with E-state index in [2.05, 4.69) is 27.0 Å². The van der Waals surface area contributed by atoms with Gasteiger partial charge in [-0.3, -0.25) is 9.59 Å². The second kappa shape index (κ2) is 24.2. The molecule has 2 N–H and O–H groups in total. The average Bonchev–Trinajstić information content (AvgIpc) is 3.43. The van der Waals surface area contributed by atoms with Crippen LogP contribution in [-0.4, -0.2) is 55.5 Å². The maximum atomic E-state index is 11.3. The molecule has 0 heterocycles. The quantitative estimate of drug-likeness (QED) is 0.100. The molecule has 0 unspecified atom stereocenters. The van der Waals surface area contributed by atoms with Crippen molar-refractivity contribution in [1.29, 1.82) is 0 Å². The molecule has 1 aromatic rings. The number of unbranched alkanes of at least 4 members (excludes halogenated alkanes) is 1. The lowest BCUT2D eigenvalue weighted by molar-refractivity contribution is -0.757. The summed E-state index contributed by atoms with van der Waals surface area (Å²) in [7, 11) is 1.00. The van der Waals surface area contributed by atoms with Crippen molar-refractivity contribution >= 4 is 23.5 Å². The fraction of sp³-hybridized carbons (Fsp3) is 0.556. The number of aliphatic hydroxyl groups excluding tert-OH is 1. The van der Waals surface area contributed by atoms with Gasteiger partial charge in [-0.25, -0.2) is 0 Å². The number of carbonyl (C=O) groups excluding carboxylic acids is 2. The summed E-state index contributed by atoms with van der Waals surface area (Å²) >= 11 is 5.88. The molecule has 1 amide bonds. The summed E-state index contributed by atoms with van der Waals surface area (Å²) in [5.41, 5.74) is 0. The number of amides is 1. The zero-order valence-corrected chi connectivity index (χ0v) is 23.1. The van der Waals surface area contributed by atoms with Gasteiger partial charge in [-0.15, -0.1) is 10.1 Å². The molecule has 0 aliphatic heterocycles. The first-order valence-electron chi connectivity index (χ1n) is 12.7. The molecule has 1 aliphatic rings. The first-order chi connectivity index (χ1) is 18.4. The van der Waals surface area contributed by atoms with E-state index in [0.717, 1.165) is 43.2 Å². The topological polar surface area (TPSA) is 137 Å². The van der Waals surface area contributed by atoms with Gasteiger partial charge in [-0.2, -0.15) is 0 Å². The predicted octanol–water partition coefficient (Wildman–Crippen LogP) is 5.06. The second-order valence-corrected chi connectivity index (χ2v) is 8.52. The molecular weight excluding hydrogens is 516 g/mol. The van der Waals surface area contributed by atoms with Crippen LogP contribution < -0.4 is 10.1 Å². The number of carbonyl (C=O) groups is 2. The largest absolute Gasteiger partial charge is 0.493 e. The number of aliphatic hydroxyl groups is 1. The van der Waals surface area contributed by atoms with Gasteiger partial charge in [0.2, 0.25) is 5.91 Å². The van der Waals surface area contributed by atoms with Crippen LogP contribution in [0.1, 0.15) is 58.3 Å². The highest BCUT2D eigenvalue weighted by Crippen LogP contribution is 2.25. The van der Waals surface area contributed by atoms with Crippen molar-refractivity contribution in [3.63, 3.8) is 0 Å². The Bertz CT molecular complexity index is 842. The lowest BCUT2D eigenvalue weighted by Gasteiger charge is -2.05. The molecule has 0 radical (unpaired) electrons. The maximum absolute atomic E-state index is 11.3. The summed E-state index contributed by atoms with van der Waals surface area (Å²) in [5.74, 6) is 0.782. The zero-order chi connectivity index (χ0) is 28.4. The van der Waals surface area contributed by atoms with Crippen LogP contribution in [-0.2, 0) is 19.2 Å². The van der Waals surface area contributed by atoms with Gasteiger partial charge >= 0.3 is 5.97 Å². The first-order valence-corrected chi connectivity index (χ1v) is 13.1. The Morgan fingerprint density at radius 1 is 1.16 bits per heavy atom. The van der Waals surface area contributed by atoms with E-state index in [0.29, 0.717) is 12.8 Å². The summed E-state index contributed by atoms with van der Waals surface area (Å²) in [6, 6.07) is 7.55.